The summed E-state index contributed by atoms with van der Waals surface area (Å²) in [6.45, 7) is 27.5. The van der Waals surface area contributed by atoms with E-state index in [2.05, 4.69) is 85.1 Å². The zero-order valence-electron chi connectivity index (χ0n) is 18.6. The predicted octanol–water partition coefficient (Wildman–Crippen LogP) is 4.73. The highest BCUT2D eigenvalue weighted by Crippen LogP contribution is 2.53. The normalized spacial score (nSPS) is 42.2. The van der Waals surface area contributed by atoms with E-state index in [-0.39, 0.29) is 16.0 Å². The Kier molecular flexibility index (Phi) is 5.15. The van der Waals surface area contributed by atoms with Crippen LogP contribution in [0.3, 0.4) is 0 Å². The van der Waals surface area contributed by atoms with Crippen LogP contribution < -0.4 is 4.98 Å². The van der Waals surface area contributed by atoms with Gasteiger partial charge in [-0.05, 0) is 92.5 Å². The van der Waals surface area contributed by atoms with Crippen molar-refractivity contribution in [2.45, 2.75) is 109 Å². The molecule has 4 atom stereocenters. The fraction of sp³-hybridized carbons (Fsp3) is 1.00. The first-order chi connectivity index (χ1) is 10.8. The van der Waals surface area contributed by atoms with Crippen LogP contribution in [0.5, 0.6) is 0 Å². The minimum Gasteiger partial charge on any atom is -0.444 e. The molecule has 0 bridgehead atoms. The minimum atomic E-state index is -1.94. The van der Waals surface area contributed by atoms with Gasteiger partial charge < -0.3 is 17.9 Å². The summed E-state index contributed by atoms with van der Waals surface area (Å²) >= 11 is 0. The van der Waals surface area contributed by atoms with E-state index in [0.717, 1.165) is 6.42 Å². The van der Waals surface area contributed by atoms with Gasteiger partial charge in [-0.2, -0.15) is 0 Å². The van der Waals surface area contributed by atoms with Crippen LogP contribution in [0.15, 0.2) is 0 Å². The van der Waals surface area contributed by atoms with E-state index in [4.69, 9.17) is 13.0 Å². The lowest BCUT2D eigenvalue weighted by atomic mass is 10.0. The van der Waals surface area contributed by atoms with Gasteiger partial charge in [0.05, 0.1) is 16.0 Å². The average molecular weight is 420 g/mol. The third-order valence-electron chi connectivity index (χ3n) is 6.30. The van der Waals surface area contributed by atoms with E-state index in [1.807, 2.05) is 0 Å². The molecule has 2 saturated heterocycles. The van der Waals surface area contributed by atoms with E-state index in [1.54, 1.807) is 0 Å². The first-order valence-corrected chi connectivity index (χ1v) is 21.5. The van der Waals surface area contributed by atoms with Gasteiger partial charge in [-0.15, -0.1) is 0 Å². The summed E-state index contributed by atoms with van der Waals surface area (Å²) in [5, 5.41) is -0.0798. The largest absolute Gasteiger partial charge is 0.444 e. The van der Waals surface area contributed by atoms with Gasteiger partial charge in [0.1, 0.15) is 0 Å². The van der Waals surface area contributed by atoms with Gasteiger partial charge in [-0.1, -0.05) is 0 Å². The molecule has 2 fully saturated rings. The van der Waals surface area contributed by atoms with Crippen molar-refractivity contribution < 1.29 is 13.0 Å². The molecule has 4 nitrogen and oxygen atoms in total. The number of hydrogen-bond acceptors (Lipinski definition) is 4. The Bertz CT molecular complexity index is 547. The van der Waals surface area contributed by atoms with Crippen molar-refractivity contribution in [3.8, 4) is 0 Å². The zero-order valence-corrected chi connectivity index (χ0v) is 22.6. The SMILES string of the molecule is CC(C)(O[Si]1(C)CCC1(C)O[Si](C)(C)C)C1(C)N[Si]1(C)O[Si](C)(C)C. The summed E-state index contributed by atoms with van der Waals surface area (Å²) < 4.78 is 20.2. The van der Waals surface area contributed by atoms with E-state index in [1.165, 1.54) is 6.04 Å². The van der Waals surface area contributed by atoms with Crippen LogP contribution in [0.25, 0.3) is 0 Å². The smallest absolute Gasteiger partial charge is 0.278 e. The van der Waals surface area contributed by atoms with Crippen molar-refractivity contribution >= 4 is 33.4 Å². The van der Waals surface area contributed by atoms with Gasteiger partial charge >= 0.3 is 0 Å². The molecule has 0 amide bonds. The maximum absolute atomic E-state index is 7.00. The maximum Gasteiger partial charge on any atom is 0.278 e. The number of rotatable bonds is 7. The fourth-order valence-electron chi connectivity index (χ4n) is 4.40. The highest BCUT2D eigenvalue weighted by atomic mass is 28.4. The van der Waals surface area contributed by atoms with Crippen molar-refractivity contribution in [3.63, 3.8) is 0 Å². The maximum atomic E-state index is 7.00. The van der Waals surface area contributed by atoms with E-state index < -0.39 is 33.4 Å². The molecule has 2 aliphatic heterocycles. The molecule has 148 valence electrons. The lowest BCUT2D eigenvalue weighted by Gasteiger charge is -2.58. The number of hydrogen-bond donors (Lipinski definition) is 1. The molecule has 8 heteroatoms. The Labute approximate surface area is 160 Å². The topological polar surface area (TPSA) is 49.6 Å². The molecular weight excluding hydrogens is 379 g/mol. The molecule has 2 rings (SSSR count). The van der Waals surface area contributed by atoms with Gasteiger partial charge in [0, 0.05) is 0 Å². The summed E-state index contributed by atoms with van der Waals surface area (Å²) in [6.07, 6.45) is 1.14. The Balaban J connectivity index is 2.17. The van der Waals surface area contributed by atoms with Gasteiger partial charge in [0.15, 0.2) is 16.6 Å². The van der Waals surface area contributed by atoms with Crippen molar-refractivity contribution in [3.05, 3.63) is 0 Å². The molecule has 0 aromatic carbocycles. The van der Waals surface area contributed by atoms with Crippen LogP contribution in [-0.4, -0.2) is 49.4 Å². The molecule has 1 N–H and O–H groups in total. The molecule has 25 heavy (non-hydrogen) atoms. The molecule has 0 aromatic heterocycles. The Morgan fingerprint density at radius 3 is 1.84 bits per heavy atom. The average Bonchev–Trinajstić information content (AvgIpc) is 2.86. The highest BCUT2D eigenvalue weighted by Gasteiger charge is 2.75. The van der Waals surface area contributed by atoms with Gasteiger partial charge in [0.25, 0.3) is 8.48 Å². The summed E-state index contributed by atoms with van der Waals surface area (Å²) in [4.78, 5) is 3.78. The molecule has 0 saturated carbocycles. The minimum absolute atomic E-state index is 0.0358. The second-order valence-corrected chi connectivity index (χ2v) is 28.3. The molecule has 0 spiro atoms. The molecule has 0 radical (unpaired) electrons. The second-order valence-electron chi connectivity index (χ2n) is 11.3. The molecule has 0 aliphatic carbocycles. The van der Waals surface area contributed by atoms with Crippen molar-refractivity contribution in [2.75, 3.05) is 0 Å². The summed E-state index contributed by atoms with van der Waals surface area (Å²) in [5.74, 6) is 0. The van der Waals surface area contributed by atoms with Crippen molar-refractivity contribution in [1.82, 2.24) is 4.98 Å². The van der Waals surface area contributed by atoms with Gasteiger partial charge in [0.2, 0.25) is 8.32 Å². The van der Waals surface area contributed by atoms with Crippen LogP contribution in [0.2, 0.25) is 58.4 Å². The monoisotopic (exact) mass is 419 g/mol. The van der Waals surface area contributed by atoms with Crippen molar-refractivity contribution in [1.29, 1.82) is 0 Å². The lowest BCUT2D eigenvalue weighted by molar-refractivity contribution is 0.00940. The summed E-state index contributed by atoms with van der Waals surface area (Å²) in [6, 6.07) is 1.20. The third kappa shape index (κ3) is 3.96. The summed E-state index contributed by atoms with van der Waals surface area (Å²) in [7, 11) is -7.04. The van der Waals surface area contributed by atoms with Crippen LogP contribution in [-0.2, 0) is 13.0 Å². The molecular formula is C17H41NO3Si4. The lowest BCUT2D eigenvalue weighted by Crippen LogP contribution is -2.72. The third-order valence-corrected chi connectivity index (χ3v) is 19.8. The van der Waals surface area contributed by atoms with Crippen LogP contribution >= 0.6 is 0 Å². The first kappa shape index (κ1) is 22.0. The Morgan fingerprint density at radius 2 is 1.48 bits per heavy atom. The van der Waals surface area contributed by atoms with Crippen molar-refractivity contribution in [2.24, 2.45) is 0 Å². The second kappa shape index (κ2) is 5.85. The Hall–Kier alpha value is 0.708. The standard InChI is InChI=1S/C17H41NO3Si4/c1-15(2,17(4)18-25(17,12)21-23(8,9)10)19-24(11)14-13-16(24,3)20-22(5,6)7/h18H,13-14H2,1-12H3. The molecule has 2 aliphatic rings. The summed E-state index contributed by atoms with van der Waals surface area (Å²) in [5.41, 5.74) is -0.237. The van der Waals surface area contributed by atoms with E-state index in [9.17, 15) is 0 Å². The van der Waals surface area contributed by atoms with E-state index in [0.29, 0.717) is 0 Å². The molecule has 4 unspecified atom stereocenters. The fourth-order valence-corrected chi connectivity index (χ4v) is 19.9. The van der Waals surface area contributed by atoms with Gasteiger partial charge in [-0.25, -0.2) is 0 Å². The van der Waals surface area contributed by atoms with E-state index >= 15 is 0 Å². The van der Waals surface area contributed by atoms with Gasteiger partial charge in [-0.3, -0.25) is 0 Å². The highest BCUT2D eigenvalue weighted by molar-refractivity contribution is 6.91. The Morgan fingerprint density at radius 1 is 0.960 bits per heavy atom. The molecule has 0 aromatic rings. The van der Waals surface area contributed by atoms with Crippen LogP contribution in [0.1, 0.15) is 34.1 Å². The van der Waals surface area contributed by atoms with Crippen LogP contribution in [0, 0.1) is 0 Å². The first-order valence-electron chi connectivity index (χ1n) is 9.68. The number of nitrogens with one attached hydrogen (secondary N) is 1. The zero-order chi connectivity index (χ0) is 19.7. The molecule has 2 heterocycles. The van der Waals surface area contributed by atoms with Crippen LogP contribution in [0.4, 0.5) is 0 Å². The quantitative estimate of drug-likeness (QED) is 0.478. The predicted molar refractivity (Wildman–Crippen MR) is 117 cm³/mol.